The molecule has 5 aromatic carbocycles. The Morgan fingerprint density at radius 2 is 0.844 bits per heavy atom. The standard InChI is InChI=1S/C52H60O12/c1-52(2,3)51(55)64-48-47(60-33-40-27-17-8-18-28-40)45(58-31-38-23-13-6-14-24-38)41(34-56-29-36-19-9-4-10-20-36)63-50(48)61-35-42-44(57-30-37-21-11-5-12-22-37)46(43(53)49(54)62-42)59-32-39-25-15-7-16-26-39/h4-28,41-50,53-54H,29-35H2,1-3H3/t41?,42?,43?,44-,45-,46-,47+,48?,49-,50-/m1/s1. The lowest BCUT2D eigenvalue weighted by Crippen LogP contribution is -2.64. The first-order valence-electron chi connectivity index (χ1n) is 21.9. The molecule has 0 aliphatic carbocycles. The van der Waals surface area contributed by atoms with Crippen molar-refractivity contribution in [1.29, 1.82) is 0 Å². The van der Waals surface area contributed by atoms with Crippen LogP contribution in [0.1, 0.15) is 48.6 Å². The van der Waals surface area contributed by atoms with Gasteiger partial charge >= 0.3 is 5.97 Å². The number of benzene rings is 5. The zero-order valence-corrected chi connectivity index (χ0v) is 36.6. The molecule has 4 unspecified atom stereocenters. The smallest absolute Gasteiger partial charge is 0.311 e. The van der Waals surface area contributed by atoms with Gasteiger partial charge in [0.2, 0.25) is 0 Å². The van der Waals surface area contributed by atoms with Crippen LogP contribution >= 0.6 is 0 Å². The van der Waals surface area contributed by atoms with Crippen LogP contribution in [0, 0.1) is 5.41 Å². The van der Waals surface area contributed by atoms with Crippen LogP contribution in [0.3, 0.4) is 0 Å². The predicted molar refractivity (Wildman–Crippen MR) is 237 cm³/mol. The van der Waals surface area contributed by atoms with Gasteiger partial charge in [0.15, 0.2) is 18.7 Å². The second kappa shape index (κ2) is 23.4. The van der Waals surface area contributed by atoms with Gasteiger partial charge in [-0.3, -0.25) is 4.79 Å². The van der Waals surface area contributed by atoms with E-state index in [4.69, 9.17) is 42.6 Å². The quantitative estimate of drug-likeness (QED) is 0.0758. The Morgan fingerprint density at radius 3 is 1.28 bits per heavy atom. The van der Waals surface area contributed by atoms with Crippen molar-refractivity contribution in [3.05, 3.63) is 179 Å². The van der Waals surface area contributed by atoms with E-state index in [1.807, 2.05) is 152 Å². The minimum absolute atomic E-state index is 0.0718. The zero-order chi connectivity index (χ0) is 44.7. The first-order chi connectivity index (χ1) is 31.1. The van der Waals surface area contributed by atoms with Crippen LogP contribution in [0.25, 0.3) is 0 Å². The van der Waals surface area contributed by atoms with Gasteiger partial charge in [-0.2, -0.15) is 0 Å². The molecule has 64 heavy (non-hydrogen) atoms. The van der Waals surface area contributed by atoms with E-state index >= 15 is 0 Å². The molecule has 0 aromatic heterocycles. The molecule has 2 N–H and O–H groups in total. The van der Waals surface area contributed by atoms with E-state index in [1.165, 1.54) is 0 Å². The Morgan fingerprint density at radius 1 is 0.469 bits per heavy atom. The largest absolute Gasteiger partial charge is 0.454 e. The summed E-state index contributed by atoms with van der Waals surface area (Å²) in [5, 5.41) is 22.5. The first kappa shape index (κ1) is 47.1. The summed E-state index contributed by atoms with van der Waals surface area (Å²) in [7, 11) is 0. The van der Waals surface area contributed by atoms with Crippen LogP contribution < -0.4 is 0 Å². The lowest BCUT2D eigenvalue weighted by atomic mass is 9.95. The molecular formula is C52H60O12. The molecule has 5 aromatic rings. The van der Waals surface area contributed by atoms with E-state index in [9.17, 15) is 15.0 Å². The fraction of sp³-hybridized carbons (Fsp3) is 0.404. The summed E-state index contributed by atoms with van der Waals surface area (Å²) < 4.78 is 58.5. The highest BCUT2D eigenvalue weighted by Gasteiger charge is 2.53. The van der Waals surface area contributed by atoms with Crippen molar-refractivity contribution in [3.8, 4) is 0 Å². The topological polar surface area (TPSA) is 141 Å². The van der Waals surface area contributed by atoms with E-state index in [-0.39, 0.29) is 39.6 Å². The van der Waals surface area contributed by atoms with Crippen LogP contribution in [-0.2, 0) is 80.5 Å². The molecular weight excluding hydrogens is 817 g/mol. The lowest BCUT2D eigenvalue weighted by Gasteiger charge is -2.47. The number of rotatable bonds is 20. The van der Waals surface area contributed by atoms with Gasteiger partial charge in [0.1, 0.15) is 42.7 Å². The second-order valence-electron chi connectivity index (χ2n) is 17.1. The molecule has 0 radical (unpaired) electrons. The maximum Gasteiger partial charge on any atom is 0.311 e. The number of esters is 1. The number of hydrogen-bond donors (Lipinski definition) is 2. The summed E-state index contributed by atoms with van der Waals surface area (Å²) in [5.74, 6) is -0.505. The third kappa shape index (κ3) is 13.4. The fourth-order valence-corrected chi connectivity index (χ4v) is 7.52. The van der Waals surface area contributed by atoms with E-state index in [0.717, 1.165) is 27.8 Å². The zero-order valence-electron chi connectivity index (χ0n) is 36.6. The number of aliphatic hydroxyl groups excluding tert-OH is 2. The fourth-order valence-electron chi connectivity index (χ4n) is 7.52. The molecule has 2 aliphatic rings. The molecule has 12 heteroatoms. The normalized spacial score (nSPS) is 26.0. The van der Waals surface area contributed by atoms with Gasteiger partial charge in [-0.25, -0.2) is 0 Å². The number of carbonyl (C=O) groups is 1. The summed E-state index contributed by atoms with van der Waals surface area (Å²) in [6.07, 6.45) is -11.0. The molecule has 0 amide bonds. The lowest BCUT2D eigenvalue weighted by molar-refractivity contribution is -0.342. The molecule has 0 saturated carbocycles. The Kier molecular flexibility index (Phi) is 17.2. The molecule has 7 rings (SSSR count). The van der Waals surface area contributed by atoms with E-state index < -0.39 is 72.8 Å². The van der Waals surface area contributed by atoms with Gasteiger partial charge in [0, 0.05) is 0 Å². The third-order valence-corrected chi connectivity index (χ3v) is 11.0. The van der Waals surface area contributed by atoms with Gasteiger partial charge in [0.25, 0.3) is 0 Å². The maximum absolute atomic E-state index is 13.9. The maximum atomic E-state index is 13.9. The summed E-state index contributed by atoms with van der Waals surface area (Å²) in [6, 6.07) is 48.4. The predicted octanol–water partition coefficient (Wildman–Crippen LogP) is 7.32. The molecule has 2 aliphatic heterocycles. The van der Waals surface area contributed by atoms with Crippen molar-refractivity contribution in [1.82, 2.24) is 0 Å². The number of carbonyl (C=O) groups excluding carboxylic acids is 1. The molecule has 2 heterocycles. The third-order valence-electron chi connectivity index (χ3n) is 11.0. The number of ether oxygens (including phenoxy) is 9. The van der Waals surface area contributed by atoms with Crippen LogP contribution in [0.5, 0.6) is 0 Å². The molecule has 12 nitrogen and oxygen atoms in total. The monoisotopic (exact) mass is 876 g/mol. The molecule has 340 valence electrons. The van der Waals surface area contributed by atoms with Gasteiger partial charge < -0.3 is 52.8 Å². The Balaban J connectivity index is 1.20. The van der Waals surface area contributed by atoms with Gasteiger partial charge in [-0.15, -0.1) is 0 Å². The van der Waals surface area contributed by atoms with Crippen LogP contribution in [0.4, 0.5) is 0 Å². The van der Waals surface area contributed by atoms with Crippen molar-refractivity contribution in [2.24, 2.45) is 5.41 Å². The van der Waals surface area contributed by atoms with E-state index in [1.54, 1.807) is 20.8 Å². The summed E-state index contributed by atoms with van der Waals surface area (Å²) >= 11 is 0. The summed E-state index contributed by atoms with van der Waals surface area (Å²) in [5.41, 5.74) is 3.65. The van der Waals surface area contributed by atoms with Gasteiger partial charge in [-0.05, 0) is 48.6 Å². The Hall–Kier alpha value is -4.83. The number of hydrogen-bond acceptors (Lipinski definition) is 12. The molecule has 0 bridgehead atoms. The van der Waals surface area contributed by atoms with Crippen molar-refractivity contribution < 1.29 is 57.6 Å². The highest BCUT2D eigenvalue weighted by Crippen LogP contribution is 2.34. The van der Waals surface area contributed by atoms with Gasteiger partial charge in [0.05, 0.1) is 51.7 Å². The SMILES string of the molecule is CC(C)(C)C(=O)OC1[C@H](OCC2O[C@@H](O)C(O)[C@@H](OCc3ccccc3)[C@@H]2OCc2ccccc2)OC(COCc2ccccc2)[C@@H](OCc2ccccc2)[C@@H]1OCc1ccccc1. The van der Waals surface area contributed by atoms with Crippen molar-refractivity contribution in [2.45, 2.75) is 115 Å². The van der Waals surface area contributed by atoms with E-state index in [2.05, 4.69) is 0 Å². The molecule has 2 saturated heterocycles. The molecule has 0 spiro atoms. The second-order valence-corrected chi connectivity index (χ2v) is 17.1. The van der Waals surface area contributed by atoms with Crippen molar-refractivity contribution in [3.63, 3.8) is 0 Å². The minimum Gasteiger partial charge on any atom is -0.454 e. The minimum atomic E-state index is -1.63. The van der Waals surface area contributed by atoms with Gasteiger partial charge in [-0.1, -0.05) is 152 Å². The molecule has 2 fully saturated rings. The van der Waals surface area contributed by atoms with Crippen LogP contribution in [0.2, 0.25) is 0 Å². The average molecular weight is 877 g/mol. The van der Waals surface area contributed by atoms with Crippen molar-refractivity contribution >= 4 is 5.97 Å². The van der Waals surface area contributed by atoms with Crippen LogP contribution in [-0.4, -0.2) is 90.8 Å². The molecule has 10 atom stereocenters. The number of aliphatic hydroxyl groups is 2. The first-order valence-corrected chi connectivity index (χ1v) is 21.9. The van der Waals surface area contributed by atoms with E-state index in [0.29, 0.717) is 6.61 Å². The van der Waals surface area contributed by atoms with Crippen LogP contribution in [0.15, 0.2) is 152 Å². The summed E-state index contributed by atoms with van der Waals surface area (Å²) in [4.78, 5) is 13.9. The highest BCUT2D eigenvalue weighted by molar-refractivity contribution is 5.75. The average Bonchev–Trinajstić information content (AvgIpc) is 3.31. The Labute approximate surface area is 375 Å². The van der Waals surface area contributed by atoms with Crippen molar-refractivity contribution in [2.75, 3.05) is 13.2 Å². The Bertz CT molecular complexity index is 2090. The highest BCUT2D eigenvalue weighted by atomic mass is 16.7. The summed E-state index contributed by atoms with van der Waals surface area (Å²) in [6.45, 7) is 6.11.